The zero-order valence-electron chi connectivity index (χ0n) is 13.9. The Morgan fingerprint density at radius 2 is 1.87 bits per heavy atom. The Bertz CT molecular complexity index is 439. The third-order valence-electron chi connectivity index (χ3n) is 5.26. The molecule has 3 rings (SSSR count). The van der Waals surface area contributed by atoms with Crippen molar-refractivity contribution in [1.29, 1.82) is 0 Å². The molecule has 0 saturated carbocycles. The third-order valence-corrected chi connectivity index (χ3v) is 5.26. The number of nitrogens with one attached hydrogen (secondary N) is 1. The van der Waals surface area contributed by atoms with Gasteiger partial charge in [-0.2, -0.15) is 0 Å². The Morgan fingerprint density at radius 1 is 1.09 bits per heavy atom. The van der Waals surface area contributed by atoms with Gasteiger partial charge in [0.2, 0.25) is 0 Å². The number of unbranched alkanes of at least 4 members (excludes halogenated alkanes) is 3. The lowest BCUT2D eigenvalue weighted by molar-refractivity contribution is -0.137. The van der Waals surface area contributed by atoms with Crippen molar-refractivity contribution in [2.24, 2.45) is 5.92 Å². The summed E-state index contributed by atoms with van der Waals surface area (Å²) in [5.41, 5.74) is 0. The summed E-state index contributed by atoms with van der Waals surface area (Å²) in [5, 5.41) is 12.3. The quantitative estimate of drug-likeness (QED) is 0.347. The van der Waals surface area contributed by atoms with Crippen LogP contribution in [0.2, 0.25) is 0 Å². The van der Waals surface area contributed by atoms with E-state index in [0.29, 0.717) is 30.6 Å². The first kappa shape index (κ1) is 16.9. The van der Waals surface area contributed by atoms with Crippen LogP contribution in [0.1, 0.15) is 51.9 Å². The minimum Gasteiger partial charge on any atom is -0.481 e. The number of epoxide rings is 1. The fourth-order valence-electron chi connectivity index (χ4n) is 4.02. The van der Waals surface area contributed by atoms with Crippen LogP contribution in [-0.2, 0) is 14.3 Å². The van der Waals surface area contributed by atoms with Gasteiger partial charge in [0.1, 0.15) is 18.3 Å². The number of carbonyl (C=O) groups is 1. The highest BCUT2D eigenvalue weighted by atomic mass is 16.7. The number of aliphatic carboxylic acids is 1. The van der Waals surface area contributed by atoms with Gasteiger partial charge in [-0.05, 0) is 32.2 Å². The summed E-state index contributed by atoms with van der Waals surface area (Å²) in [6, 6.07) is 0.407. The summed E-state index contributed by atoms with van der Waals surface area (Å²) in [5.74, 6) is -0.228. The van der Waals surface area contributed by atoms with Gasteiger partial charge in [-0.25, -0.2) is 0 Å². The molecule has 3 fully saturated rings. The standard InChI is InChI=1S/C18H29NO4/c1-2-3-8-11-19-14-12(9-6-4-5-7-10-13(20)21)15-17-18(23-17)16(14)22-15/h4,6,12,14-19H,2-3,5,7-11H2,1H3,(H,20,21)/b6-4-/t12-,14+,15+,16-,17-,18+/m0/s1. The van der Waals surface area contributed by atoms with Crippen molar-refractivity contribution in [3.05, 3.63) is 12.2 Å². The van der Waals surface area contributed by atoms with E-state index in [-0.39, 0.29) is 18.6 Å². The molecule has 0 unspecified atom stereocenters. The van der Waals surface area contributed by atoms with Crippen molar-refractivity contribution in [2.45, 2.75) is 82.3 Å². The summed E-state index contributed by atoms with van der Waals surface area (Å²) < 4.78 is 11.9. The highest BCUT2D eigenvalue weighted by molar-refractivity contribution is 5.66. The monoisotopic (exact) mass is 323 g/mol. The average Bonchev–Trinajstić information content (AvgIpc) is 3.15. The van der Waals surface area contributed by atoms with Crippen LogP contribution in [0, 0.1) is 5.92 Å². The maximum Gasteiger partial charge on any atom is 0.303 e. The molecule has 5 heteroatoms. The van der Waals surface area contributed by atoms with Gasteiger partial charge in [-0.1, -0.05) is 31.9 Å². The van der Waals surface area contributed by atoms with Crippen molar-refractivity contribution >= 4 is 5.97 Å². The second-order valence-electron chi connectivity index (χ2n) is 6.97. The number of rotatable bonds is 11. The van der Waals surface area contributed by atoms with Gasteiger partial charge in [0.05, 0.1) is 6.10 Å². The van der Waals surface area contributed by atoms with Crippen molar-refractivity contribution < 1.29 is 19.4 Å². The molecule has 0 aromatic carbocycles. The zero-order chi connectivity index (χ0) is 16.2. The summed E-state index contributed by atoms with van der Waals surface area (Å²) in [6.45, 7) is 3.28. The summed E-state index contributed by atoms with van der Waals surface area (Å²) in [7, 11) is 0. The summed E-state index contributed by atoms with van der Waals surface area (Å²) >= 11 is 0. The first-order valence-corrected chi connectivity index (χ1v) is 9.13. The second kappa shape index (κ2) is 7.77. The molecular weight excluding hydrogens is 294 g/mol. The lowest BCUT2D eigenvalue weighted by Gasteiger charge is -2.26. The predicted molar refractivity (Wildman–Crippen MR) is 87.4 cm³/mol. The van der Waals surface area contributed by atoms with E-state index in [9.17, 15) is 4.79 Å². The van der Waals surface area contributed by atoms with E-state index in [4.69, 9.17) is 14.6 Å². The van der Waals surface area contributed by atoms with Gasteiger partial charge < -0.3 is 19.9 Å². The zero-order valence-corrected chi connectivity index (χ0v) is 13.9. The van der Waals surface area contributed by atoms with E-state index >= 15 is 0 Å². The fraction of sp³-hybridized carbons (Fsp3) is 0.833. The van der Waals surface area contributed by atoms with Gasteiger partial charge in [0, 0.05) is 18.4 Å². The van der Waals surface area contributed by atoms with E-state index in [1.165, 1.54) is 19.3 Å². The van der Waals surface area contributed by atoms with E-state index in [0.717, 1.165) is 19.4 Å². The molecule has 2 N–H and O–H groups in total. The van der Waals surface area contributed by atoms with Gasteiger partial charge in [-0.15, -0.1) is 0 Å². The smallest absolute Gasteiger partial charge is 0.303 e. The molecule has 0 radical (unpaired) electrons. The normalized spacial score (nSPS) is 37.4. The molecule has 3 saturated heterocycles. The fourth-order valence-corrected chi connectivity index (χ4v) is 4.02. The first-order chi connectivity index (χ1) is 11.2. The molecule has 3 heterocycles. The molecule has 2 bridgehead atoms. The number of hydrogen-bond donors (Lipinski definition) is 2. The molecule has 5 nitrogen and oxygen atoms in total. The number of fused-ring (bicyclic) bond motifs is 5. The molecule has 0 aliphatic carbocycles. The van der Waals surface area contributed by atoms with Gasteiger partial charge in [0.15, 0.2) is 0 Å². The number of carboxylic acids is 1. The van der Waals surface area contributed by atoms with Gasteiger partial charge in [-0.3, -0.25) is 4.79 Å². The van der Waals surface area contributed by atoms with Crippen LogP contribution in [0.4, 0.5) is 0 Å². The molecule has 23 heavy (non-hydrogen) atoms. The molecule has 6 atom stereocenters. The molecule has 130 valence electrons. The molecule has 0 amide bonds. The molecule has 0 aromatic heterocycles. The van der Waals surface area contributed by atoms with Crippen molar-refractivity contribution in [3.8, 4) is 0 Å². The van der Waals surface area contributed by atoms with E-state index in [1.807, 2.05) is 0 Å². The minimum absolute atomic E-state index is 0.233. The molecule has 3 aliphatic heterocycles. The number of carboxylic acid groups (broad SMARTS) is 1. The maximum atomic E-state index is 10.5. The summed E-state index contributed by atoms with van der Waals surface area (Å²) in [4.78, 5) is 10.5. The summed E-state index contributed by atoms with van der Waals surface area (Å²) in [6.07, 6.45) is 12.0. The van der Waals surface area contributed by atoms with Crippen LogP contribution in [0.15, 0.2) is 12.2 Å². The van der Waals surface area contributed by atoms with Crippen LogP contribution in [0.5, 0.6) is 0 Å². The van der Waals surface area contributed by atoms with Crippen LogP contribution in [-0.4, -0.2) is 48.1 Å². The van der Waals surface area contributed by atoms with E-state index in [2.05, 4.69) is 24.4 Å². The van der Waals surface area contributed by atoms with Gasteiger partial charge in [0.25, 0.3) is 0 Å². The highest BCUT2D eigenvalue weighted by Gasteiger charge is 2.68. The first-order valence-electron chi connectivity index (χ1n) is 9.13. The minimum atomic E-state index is -0.715. The lowest BCUT2D eigenvalue weighted by atomic mass is 9.82. The Balaban J connectivity index is 1.44. The lowest BCUT2D eigenvalue weighted by Crippen LogP contribution is -2.47. The Labute approximate surface area is 138 Å². The maximum absolute atomic E-state index is 10.5. The van der Waals surface area contributed by atoms with Crippen molar-refractivity contribution in [3.63, 3.8) is 0 Å². The Kier molecular flexibility index (Phi) is 5.72. The molecule has 0 aromatic rings. The number of allylic oxidation sites excluding steroid dienone is 2. The van der Waals surface area contributed by atoms with Crippen molar-refractivity contribution in [1.82, 2.24) is 5.32 Å². The molecule has 0 spiro atoms. The Morgan fingerprint density at radius 3 is 2.65 bits per heavy atom. The van der Waals surface area contributed by atoms with Crippen LogP contribution >= 0.6 is 0 Å². The number of hydrogen-bond acceptors (Lipinski definition) is 4. The Hall–Kier alpha value is -0.910. The SMILES string of the molecule is CCCCCN[C@@H]1[C@H](C/C=C\CCCC(=O)O)[C@H]2O[C@@H]1[C@H]1O[C@H]12. The molecule has 3 aliphatic rings. The molecular formula is C18H29NO4. The average molecular weight is 323 g/mol. The second-order valence-corrected chi connectivity index (χ2v) is 6.97. The van der Waals surface area contributed by atoms with Crippen LogP contribution in [0.25, 0.3) is 0 Å². The number of ether oxygens (including phenoxy) is 2. The van der Waals surface area contributed by atoms with E-state index in [1.54, 1.807) is 0 Å². The largest absolute Gasteiger partial charge is 0.481 e. The predicted octanol–water partition coefficient (Wildman–Crippen LogP) is 2.50. The highest BCUT2D eigenvalue weighted by Crippen LogP contribution is 2.52. The van der Waals surface area contributed by atoms with Crippen LogP contribution in [0.3, 0.4) is 0 Å². The van der Waals surface area contributed by atoms with Crippen LogP contribution < -0.4 is 5.32 Å². The van der Waals surface area contributed by atoms with Gasteiger partial charge >= 0.3 is 5.97 Å². The topological polar surface area (TPSA) is 71.1 Å². The third kappa shape index (κ3) is 3.95. The van der Waals surface area contributed by atoms with E-state index < -0.39 is 5.97 Å². The van der Waals surface area contributed by atoms with Crippen molar-refractivity contribution in [2.75, 3.05) is 6.54 Å².